The maximum absolute atomic E-state index is 12.4. The molecule has 144 valence electrons. The minimum absolute atomic E-state index is 0.122. The topological polar surface area (TPSA) is 83.6 Å². The third-order valence-corrected chi connectivity index (χ3v) is 7.43. The number of aromatic nitrogens is 3. The zero-order valence-electron chi connectivity index (χ0n) is 16.4. The number of carbonyl (C=O) groups excluding carboxylic acids is 1. The van der Waals surface area contributed by atoms with Gasteiger partial charge in [-0.25, -0.2) is 0 Å². The fourth-order valence-corrected chi connectivity index (χ4v) is 5.39. The summed E-state index contributed by atoms with van der Waals surface area (Å²) in [5.41, 5.74) is 2.04. The van der Waals surface area contributed by atoms with Gasteiger partial charge < -0.3 is 9.88 Å². The molecule has 27 heavy (non-hydrogen) atoms. The number of nitriles is 1. The average Bonchev–Trinajstić information content (AvgIpc) is 3.11. The number of hydrogen-bond acceptors (Lipinski definition) is 6. The van der Waals surface area contributed by atoms with E-state index in [1.54, 1.807) is 11.3 Å². The molecule has 0 spiro atoms. The molecule has 6 nitrogen and oxygen atoms in total. The third kappa shape index (κ3) is 4.19. The highest BCUT2D eigenvalue weighted by Crippen LogP contribution is 2.44. The van der Waals surface area contributed by atoms with Gasteiger partial charge in [-0.2, -0.15) is 5.26 Å². The molecule has 1 aliphatic carbocycles. The highest BCUT2D eigenvalue weighted by molar-refractivity contribution is 7.99. The number of aryl methyl sites for hydroxylation is 1. The first-order valence-corrected chi connectivity index (χ1v) is 10.8. The van der Waals surface area contributed by atoms with Gasteiger partial charge in [0.1, 0.15) is 16.9 Å². The molecule has 0 aliphatic heterocycles. The lowest BCUT2D eigenvalue weighted by Gasteiger charge is -2.33. The molecule has 0 saturated carbocycles. The van der Waals surface area contributed by atoms with E-state index in [2.05, 4.69) is 42.4 Å². The van der Waals surface area contributed by atoms with Gasteiger partial charge in [-0.05, 0) is 43.1 Å². The van der Waals surface area contributed by atoms with Crippen LogP contribution in [0.3, 0.4) is 0 Å². The van der Waals surface area contributed by atoms with Crippen molar-refractivity contribution >= 4 is 34.0 Å². The van der Waals surface area contributed by atoms with Crippen molar-refractivity contribution in [3.05, 3.63) is 21.8 Å². The molecule has 1 amide bonds. The molecule has 1 aliphatic rings. The Hall–Kier alpha value is -1.85. The summed E-state index contributed by atoms with van der Waals surface area (Å²) in [6, 6.07) is 2.31. The van der Waals surface area contributed by atoms with Crippen LogP contribution in [0.25, 0.3) is 0 Å². The van der Waals surface area contributed by atoms with Crippen LogP contribution in [0.4, 0.5) is 5.00 Å². The number of fused-ring (bicyclic) bond motifs is 1. The van der Waals surface area contributed by atoms with Crippen LogP contribution >= 0.6 is 23.1 Å². The van der Waals surface area contributed by atoms with Gasteiger partial charge in [-0.15, -0.1) is 21.5 Å². The number of amides is 1. The van der Waals surface area contributed by atoms with Gasteiger partial charge in [-0.3, -0.25) is 4.79 Å². The minimum Gasteiger partial charge on any atom is -0.316 e. The van der Waals surface area contributed by atoms with E-state index in [9.17, 15) is 10.1 Å². The van der Waals surface area contributed by atoms with Crippen molar-refractivity contribution in [2.75, 3.05) is 11.1 Å². The maximum Gasteiger partial charge on any atom is 0.235 e. The zero-order valence-corrected chi connectivity index (χ0v) is 18.1. The number of thiophene rings is 1. The molecule has 0 saturated heterocycles. The molecule has 3 rings (SSSR count). The first-order valence-electron chi connectivity index (χ1n) is 9.04. The number of anilines is 1. The first-order chi connectivity index (χ1) is 12.7. The van der Waals surface area contributed by atoms with Gasteiger partial charge in [0.15, 0.2) is 5.16 Å². The van der Waals surface area contributed by atoms with Gasteiger partial charge in [0, 0.05) is 11.9 Å². The molecular formula is C19H25N5OS2. The van der Waals surface area contributed by atoms with E-state index >= 15 is 0 Å². The van der Waals surface area contributed by atoms with Gasteiger partial charge in [0.2, 0.25) is 5.91 Å². The summed E-state index contributed by atoms with van der Waals surface area (Å²) in [5, 5.41) is 22.0. The second-order valence-corrected chi connectivity index (χ2v) is 10.1. The van der Waals surface area contributed by atoms with Crippen LogP contribution in [-0.2, 0) is 24.7 Å². The molecular weight excluding hydrogens is 378 g/mol. The number of nitrogens with zero attached hydrogens (tertiary/aromatic N) is 4. The highest BCUT2D eigenvalue weighted by atomic mass is 32.2. The Kier molecular flexibility index (Phi) is 5.63. The quantitative estimate of drug-likeness (QED) is 0.782. The Balaban J connectivity index is 1.70. The number of thioether (sulfide) groups is 1. The van der Waals surface area contributed by atoms with Gasteiger partial charge in [-0.1, -0.05) is 32.5 Å². The molecule has 2 heterocycles. The summed E-state index contributed by atoms with van der Waals surface area (Å²) in [6.45, 7) is 8.69. The van der Waals surface area contributed by atoms with Gasteiger partial charge >= 0.3 is 0 Å². The fourth-order valence-electron chi connectivity index (χ4n) is 3.34. The highest BCUT2D eigenvalue weighted by Gasteiger charge is 2.32. The SMILES string of the molecule is Cc1nnc(SCC(=O)Nc2sc3c(c2C#N)CCC(C(C)(C)C)C3)n1C. The minimum atomic E-state index is -0.122. The second-order valence-electron chi connectivity index (χ2n) is 8.05. The molecule has 2 aromatic heterocycles. The van der Waals surface area contributed by atoms with E-state index in [4.69, 9.17) is 0 Å². The standard InChI is InChI=1S/C19H25N5OS2/c1-11-22-23-18(24(11)5)26-10-16(25)21-17-14(9-20)13-7-6-12(19(2,3)4)8-15(13)27-17/h12H,6-8,10H2,1-5H3,(H,21,25). The van der Waals surface area contributed by atoms with Crippen molar-refractivity contribution in [2.24, 2.45) is 18.4 Å². The van der Waals surface area contributed by atoms with E-state index < -0.39 is 0 Å². The van der Waals surface area contributed by atoms with Crippen molar-refractivity contribution in [3.8, 4) is 6.07 Å². The van der Waals surface area contributed by atoms with Crippen molar-refractivity contribution in [3.63, 3.8) is 0 Å². The molecule has 0 bridgehead atoms. The number of nitrogens with one attached hydrogen (secondary N) is 1. The van der Waals surface area contributed by atoms with Crippen LogP contribution < -0.4 is 5.32 Å². The Morgan fingerprint density at radius 1 is 1.44 bits per heavy atom. The Morgan fingerprint density at radius 2 is 2.19 bits per heavy atom. The molecule has 0 fully saturated rings. The summed E-state index contributed by atoms with van der Waals surface area (Å²) >= 11 is 2.91. The van der Waals surface area contributed by atoms with Crippen LogP contribution in [0.15, 0.2) is 5.16 Å². The van der Waals surface area contributed by atoms with Crippen LogP contribution in [0.2, 0.25) is 0 Å². The van der Waals surface area contributed by atoms with Crippen molar-refractivity contribution in [1.82, 2.24) is 14.8 Å². The maximum atomic E-state index is 12.4. The predicted octanol–water partition coefficient (Wildman–Crippen LogP) is 3.94. The Bertz CT molecular complexity index is 901. The van der Waals surface area contributed by atoms with E-state index in [0.717, 1.165) is 30.7 Å². The monoisotopic (exact) mass is 403 g/mol. The average molecular weight is 404 g/mol. The molecule has 8 heteroatoms. The molecule has 0 radical (unpaired) electrons. The lowest BCUT2D eigenvalue weighted by atomic mass is 9.72. The molecule has 1 atom stereocenters. The number of carbonyl (C=O) groups is 1. The number of rotatable bonds is 4. The lowest BCUT2D eigenvalue weighted by molar-refractivity contribution is -0.113. The molecule has 0 aromatic carbocycles. The zero-order chi connectivity index (χ0) is 19.8. The van der Waals surface area contributed by atoms with Crippen LogP contribution in [0.1, 0.15) is 49.0 Å². The second kappa shape index (κ2) is 7.64. The van der Waals surface area contributed by atoms with E-state index in [-0.39, 0.29) is 17.1 Å². The Labute approximate surface area is 168 Å². The van der Waals surface area contributed by atoms with Gasteiger partial charge in [0.05, 0.1) is 11.3 Å². The van der Waals surface area contributed by atoms with E-state index in [0.29, 0.717) is 21.6 Å². The number of hydrogen-bond donors (Lipinski definition) is 1. The summed E-state index contributed by atoms with van der Waals surface area (Å²) in [7, 11) is 1.88. The molecule has 1 N–H and O–H groups in total. The normalized spacial score (nSPS) is 16.7. The fraction of sp³-hybridized carbons (Fsp3) is 0.579. The van der Waals surface area contributed by atoms with Crippen molar-refractivity contribution in [1.29, 1.82) is 5.26 Å². The Morgan fingerprint density at radius 3 is 2.78 bits per heavy atom. The van der Waals surface area contributed by atoms with Crippen molar-refractivity contribution < 1.29 is 4.79 Å². The molecule has 2 aromatic rings. The third-order valence-electron chi connectivity index (χ3n) is 5.24. The van der Waals surface area contributed by atoms with Gasteiger partial charge in [0.25, 0.3) is 0 Å². The van der Waals surface area contributed by atoms with Crippen LogP contribution in [-0.4, -0.2) is 26.4 Å². The smallest absolute Gasteiger partial charge is 0.235 e. The predicted molar refractivity (Wildman–Crippen MR) is 109 cm³/mol. The largest absolute Gasteiger partial charge is 0.316 e. The molecule has 1 unspecified atom stereocenters. The van der Waals surface area contributed by atoms with Crippen LogP contribution in [0.5, 0.6) is 0 Å². The van der Waals surface area contributed by atoms with Crippen molar-refractivity contribution in [2.45, 2.75) is 52.1 Å². The summed E-state index contributed by atoms with van der Waals surface area (Å²) in [4.78, 5) is 13.7. The summed E-state index contributed by atoms with van der Waals surface area (Å²) in [5.74, 6) is 1.53. The lowest BCUT2D eigenvalue weighted by Crippen LogP contribution is -2.26. The summed E-state index contributed by atoms with van der Waals surface area (Å²) in [6.07, 6.45) is 3.00. The summed E-state index contributed by atoms with van der Waals surface area (Å²) < 4.78 is 1.86. The van der Waals surface area contributed by atoms with E-state index in [1.807, 2.05) is 18.5 Å². The first kappa shape index (κ1) is 19.9. The van der Waals surface area contributed by atoms with Crippen LogP contribution in [0, 0.1) is 29.6 Å². The van der Waals surface area contributed by atoms with E-state index in [1.165, 1.54) is 16.6 Å².